The van der Waals surface area contributed by atoms with E-state index in [0.717, 1.165) is 11.1 Å². The predicted molar refractivity (Wildman–Crippen MR) is 94.4 cm³/mol. The van der Waals surface area contributed by atoms with Crippen LogP contribution in [-0.2, 0) is 0 Å². The third-order valence-electron chi connectivity index (χ3n) is 3.88. The monoisotopic (exact) mass is 302 g/mol. The van der Waals surface area contributed by atoms with E-state index in [-0.39, 0.29) is 0 Å². The van der Waals surface area contributed by atoms with E-state index in [2.05, 4.69) is 53.9 Å². The van der Waals surface area contributed by atoms with Crippen molar-refractivity contribution in [1.29, 1.82) is 0 Å². The van der Waals surface area contributed by atoms with Gasteiger partial charge in [-0.1, -0.05) is 54.6 Å². The molecule has 1 nitrogen and oxygen atoms in total. The summed E-state index contributed by atoms with van der Waals surface area (Å²) in [4.78, 5) is 0. The fraction of sp³-hybridized carbons (Fsp3) is 0. The first-order chi connectivity index (χ1) is 10.8. The van der Waals surface area contributed by atoms with Gasteiger partial charge < -0.3 is 5.11 Å². The first-order valence-corrected chi connectivity index (χ1v) is 8.05. The quantitative estimate of drug-likeness (QED) is 0.486. The summed E-state index contributed by atoms with van der Waals surface area (Å²) in [5, 5.41) is 12.9. The summed E-state index contributed by atoms with van der Waals surface area (Å²) in [6, 6.07) is 24.4. The van der Waals surface area contributed by atoms with Crippen molar-refractivity contribution in [1.82, 2.24) is 0 Å². The lowest BCUT2D eigenvalue weighted by Crippen LogP contribution is -1.79. The van der Waals surface area contributed by atoms with Crippen LogP contribution in [0.25, 0.3) is 32.3 Å². The normalized spacial score (nSPS) is 10.9. The molecule has 1 heterocycles. The van der Waals surface area contributed by atoms with Gasteiger partial charge in [-0.05, 0) is 40.3 Å². The van der Waals surface area contributed by atoms with E-state index in [4.69, 9.17) is 0 Å². The SMILES string of the molecule is Oc1ccc(-c2ccc(-c3csc4ccccc34)cc2)cc1. The Labute approximate surface area is 133 Å². The Kier molecular flexibility index (Phi) is 3.17. The maximum atomic E-state index is 9.37. The van der Waals surface area contributed by atoms with E-state index >= 15 is 0 Å². The summed E-state index contributed by atoms with van der Waals surface area (Å²) >= 11 is 1.78. The summed E-state index contributed by atoms with van der Waals surface area (Å²) in [5.41, 5.74) is 4.79. The van der Waals surface area contributed by atoms with Crippen molar-refractivity contribution in [3.05, 3.63) is 78.2 Å². The van der Waals surface area contributed by atoms with E-state index in [1.165, 1.54) is 21.2 Å². The molecular weight excluding hydrogens is 288 g/mol. The molecule has 106 valence electrons. The summed E-state index contributed by atoms with van der Waals surface area (Å²) in [6.45, 7) is 0. The molecule has 0 radical (unpaired) electrons. The Morgan fingerprint density at radius 1 is 0.636 bits per heavy atom. The molecule has 1 N–H and O–H groups in total. The molecule has 4 rings (SSSR count). The molecule has 22 heavy (non-hydrogen) atoms. The van der Waals surface area contributed by atoms with Crippen molar-refractivity contribution in [3.63, 3.8) is 0 Å². The van der Waals surface area contributed by atoms with Gasteiger partial charge in [-0.2, -0.15) is 0 Å². The highest BCUT2D eigenvalue weighted by Crippen LogP contribution is 2.34. The van der Waals surface area contributed by atoms with Crippen LogP contribution in [0.2, 0.25) is 0 Å². The van der Waals surface area contributed by atoms with Crippen LogP contribution in [0.15, 0.2) is 78.2 Å². The Bertz CT molecular complexity index is 918. The Morgan fingerprint density at radius 2 is 1.23 bits per heavy atom. The zero-order chi connectivity index (χ0) is 14.9. The third kappa shape index (κ3) is 2.28. The van der Waals surface area contributed by atoms with Crippen LogP contribution in [0.5, 0.6) is 5.75 Å². The van der Waals surface area contributed by atoms with E-state index < -0.39 is 0 Å². The Morgan fingerprint density at radius 3 is 1.95 bits per heavy atom. The molecule has 0 atom stereocenters. The molecule has 0 aliphatic carbocycles. The zero-order valence-electron chi connectivity index (χ0n) is 11.9. The van der Waals surface area contributed by atoms with Crippen molar-refractivity contribution >= 4 is 21.4 Å². The highest BCUT2D eigenvalue weighted by Gasteiger charge is 2.06. The fourth-order valence-electron chi connectivity index (χ4n) is 2.70. The van der Waals surface area contributed by atoms with Crippen LogP contribution in [0.4, 0.5) is 0 Å². The average Bonchev–Trinajstić information content (AvgIpc) is 3.00. The lowest BCUT2D eigenvalue weighted by molar-refractivity contribution is 0.475. The third-order valence-corrected chi connectivity index (χ3v) is 4.84. The number of phenols is 1. The number of fused-ring (bicyclic) bond motifs is 1. The summed E-state index contributed by atoms with van der Waals surface area (Å²) in [5.74, 6) is 0.296. The standard InChI is InChI=1S/C20H14OS/c21-17-11-9-15(10-12-17)14-5-7-16(8-6-14)19-13-22-20-4-2-1-3-18(19)20/h1-13,21H. The summed E-state index contributed by atoms with van der Waals surface area (Å²) < 4.78 is 1.32. The number of rotatable bonds is 2. The second-order valence-electron chi connectivity index (χ2n) is 5.27. The Balaban J connectivity index is 1.74. The zero-order valence-corrected chi connectivity index (χ0v) is 12.7. The molecule has 0 bridgehead atoms. The van der Waals surface area contributed by atoms with Gasteiger partial charge in [-0.3, -0.25) is 0 Å². The van der Waals surface area contributed by atoms with E-state index in [9.17, 15) is 5.11 Å². The van der Waals surface area contributed by atoms with Crippen LogP contribution in [0, 0.1) is 0 Å². The van der Waals surface area contributed by atoms with Crippen LogP contribution in [-0.4, -0.2) is 5.11 Å². The van der Waals surface area contributed by atoms with Crippen molar-refractivity contribution in [2.75, 3.05) is 0 Å². The largest absolute Gasteiger partial charge is 0.508 e. The van der Waals surface area contributed by atoms with Gasteiger partial charge in [-0.15, -0.1) is 11.3 Å². The molecule has 0 aliphatic rings. The van der Waals surface area contributed by atoms with Gasteiger partial charge in [0.15, 0.2) is 0 Å². The van der Waals surface area contributed by atoms with Gasteiger partial charge in [0.05, 0.1) is 0 Å². The van der Waals surface area contributed by atoms with E-state index in [0.29, 0.717) is 5.75 Å². The van der Waals surface area contributed by atoms with Crippen LogP contribution < -0.4 is 0 Å². The van der Waals surface area contributed by atoms with Crippen LogP contribution in [0.3, 0.4) is 0 Å². The number of hydrogen-bond donors (Lipinski definition) is 1. The molecule has 4 aromatic rings. The topological polar surface area (TPSA) is 20.2 Å². The van der Waals surface area contributed by atoms with Gasteiger partial charge in [0.25, 0.3) is 0 Å². The lowest BCUT2D eigenvalue weighted by Gasteiger charge is -2.05. The predicted octanol–water partition coefficient (Wildman–Crippen LogP) is 5.94. The molecular formula is C20H14OS. The second-order valence-corrected chi connectivity index (χ2v) is 6.18. The van der Waals surface area contributed by atoms with E-state index in [1.807, 2.05) is 12.1 Å². The summed E-state index contributed by atoms with van der Waals surface area (Å²) in [6.07, 6.45) is 0. The molecule has 2 heteroatoms. The van der Waals surface area contributed by atoms with Gasteiger partial charge in [0, 0.05) is 15.6 Å². The van der Waals surface area contributed by atoms with Crippen molar-refractivity contribution in [2.24, 2.45) is 0 Å². The fourth-order valence-corrected chi connectivity index (χ4v) is 3.67. The first-order valence-electron chi connectivity index (χ1n) is 7.17. The van der Waals surface area contributed by atoms with Gasteiger partial charge in [0.2, 0.25) is 0 Å². The minimum Gasteiger partial charge on any atom is -0.508 e. The highest BCUT2D eigenvalue weighted by atomic mass is 32.1. The molecule has 0 fully saturated rings. The average molecular weight is 302 g/mol. The molecule has 1 aromatic heterocycles. The molecule has 0 aliphatic heterocycles. The first kappa shape index (κ1) is 13.1. The lowest BCUT2D eigenvalue weighted by atomic mass is 10.00. The molecule has 0 saturated carbocycles. The maximum absolute atomic E-state index is 9.37. The molecule has 0 saturated heterocycles. The Hall–Kier alpha value is -2.58. The van der Waals surface area contributed by atoms with Crippen LogP contribution >= 0.6 is 11.3 Å². The number of aromatic hydroxyl groups is 1. The minimum absolute atomic E-state index is 0.296. The van der Waals surface area contributed by atoms with Gasteiger partial charge in [0.1, 0.15) is 5.75 Å². The van der Waals surface area contributed by atoms with Gasteiger partial charge in [-0.25, -0.2) is 0 Å². The molecule has 3 aromatic carbocycles. The van der Waals surface area contributed by atoms with Crippen molar-refractivity contribution in [3.8, 4) is 28.0 Å². The van der Waals surface area contributed by atoms with E-state index in [1.54, 1.807) is 23.5 Å². The highest BCUT2D eigenvalue weighted by molar-refractivity contribution is 7.17. The molecule has 0 unspecified atom stereocenters. The number of phenolic OH excluding ortho intramolecular Hbond substituents is 1. The number of hydrogen-bond acceptors (Lipinski definition) is 2. The summed E-state index contributed by atoms with van der Waals surface area (Å²) in [7, 11) is 0. The number of thiophene rings is 1. The van der Waals surface area contributed by atoms with Crippen molar-refractivity contribution < 1.29 is 5.11 Å². The molecule has 0 spiro atoms. The maximum Gasteiger partial charge on any atom is 0.115 e. The van der Waals surface area contributed by atoms with Gasteiger partial charge >= 0.3 is 0 Å². The number of benzene rings is 3. The minimum atomic E-state index is 0.296. The van der Waals surface area contributed by atoms with Crippen molar-refractivity contribution in [2.45, 2.75) is 0 Å². The second kappa shape index (κ2) is 5.32. The smallest absolute Gasteiger partial charge is 0.115 e. The molecule has 0 amide bonds. The van der Waals surface area contributed by atoms with Crippen LogP contribution in [0.1, 0.15) is 0 Å².